The fraction of sp³-hybridized carbons (Fsp3) is 0.421. The first-order valence-corrected chi connectivity index (χ1v) is 8.47. The molecule has 1 N–H and O–H groups in total. The molecule has 126 valence electrons. The maximum absolute atomic E-state index is 12.1. The third kappa shape index (κ3) is 3.91. The van der Waals surface area contributed by atoms with Gasteiger partial charge >= 0.3 is 0 Å². The Kier molecular flexibility index (Phi) is 5.08. The molecule has 5 nitrogen and oxygen atoms in total. The predicted octanol–water partition coefficient (Wildman–Crippen LogP) is 3.58. The number of amides is 1. The quantitative estimate of drug-likeness (QED) is 0.934. The largest absolute Gasteiger partial charge is 0.349 e. The van der Waals surface area contributed by atoms with Gasteiger partial charge in [0.2, 0.25) is 5.91 Å². The number of carbonyl (C=O) groups is 1. The molecular weight excluding hydrogens is 300 g/mol. The number of nitrogens with one attached hydrogen (secondary N) is 1. The van der Waals surface area contributed by atoms with Gasteiger partial charge < -0.3 is 10.2 Å². The van der Waals surface area contributed by atoms with Crippen molar-refractivity contribution >= 4 is 17.4 Å². The van der Waals surface area contributed by atoms with E-state index < -0.39 is 0 Å². The highest BCUT2D eigenvalue weighted by molar-refractivity contribution is 5.78. The van der Waals surface area contributed by atoms with Crippen molar-refractivity contribution < 1.29 is 4.79 Å². The highest BCUT2D eigenvalue weighted by Crippen LogP contribution is 2.36. The zero-order valence-electron chi connectivity index (χ0n) is 14.3. The zero-order valence-corrected chi connectivity index (χ0v) is 14.3. The number of aromatic nitrogens is 2. The van der Waals surface area contributed by atoms with E-state index in [2.05, 4.69) is 21.4 Å². The van der Waals surface area contributed by atoms with E-state index in [4.69, 9.17) is 0 Å². The van der Waals surface area contributed by atoms with Crippen LogP contribution < -0.4 is 5.32 Å². The smallest absolute Gasteiger partial charge is 0.225 e. The second-order valence-corrected chi connectivity index (χ2v) is 6.62. The van der Waals surface area contributed by atoms with Gasteiger partial charge in [0.15, 0.2) is 0 Å². The lowest BCUT2D eigenvalue weighted by Crippen LogP contribution is -2.31. The summed E-state index contributed by atoms with van der Waals surface area (Å²) < 4.78 is 0. The van der Waals surface area contributed by atoms with Gasteiger partial charge in [0, 0.05) is 32.4 Å². The Hall–Kier alpha value is -2.43. The van der Waals surface area contributed by atoms with E-state index in [9.17, 15) is 4.79 Å². The van der Waals surface area contributed by atoms with Gasteiger partial charge in [0.05, 0.1) is 11.9 Å². The van der Waals surface area contributed by atoms with Crippen LogP contribution >= 0.6 is 0 Å². The average molecular weight is 324 g/mol. The second-order valence-electron chi connectivity index (χ2n) is 6.62. The molecule has 0 aliphatic heterocycles. The number of hydrogen-bond acceptors (Lipinski definition) is 4. The van der Waals surface area contributed by atoms with Crippen molar-refractivity contribution in [2.24, 2.45) is 5.92 Å². The molecular formula is C19H24N4O. The van der Waals surface area contributed by atoms with Gasteiger partial charge in [-0.3, -0.25) is 9.78 Å². The van der Waals surface area contributed by atoms with E-state index in [1.54, 1.807) is 17.3 Å². The van der Waals surface area contributed by atoms with Gasteiger partial charge in [-0.15, -0.1) is 0 Å². The highest BCUT2D eigenvalue weighted by atomic mass is 16.2. The van der Waals surface area contributed by atoms with Crippen LogP contribution in [0.3, 0.4) is 0 Å². The van der Waals surface area contributed by atoms with Crippen LogP contribution in [-0.4, -0.2) is 34.9 Å². The first-order chi connectivity index (χ1) is 11.6. The molecule has 2 aromatic heterocycles. The van der Waals surface area contributed by atoms with Crippen molar-refractivity contribution in [3.63, 3.8) is 0 Å². The summed E-state index contributed by atoms with van der Waals surface area (Å²) in [7, 11) is 3.68. The molecule has 1 aliphatic rings. The molecule has 0 aromatic carbocycles. The summed E-state index contributed by atoms with van der Waals surface area (Å²) in [6.07, 6.45) is 9.53. The fourth-order valence-electron chi connectivity index (χ4n) is 3.34. The lowest BCUT2D eigenvalue weighted by atomic mass is 9.78. The number of hydrogen-bond donors (Lipinski definition) is 1. The summed E-state index contributed by atoms with van der Waals surface area (Å²) in [6.45, 7) is 0. The van der Waals surface area contributed by atoms with E-state index in [0.717, 1.165) is 37.2 Å². The Balaban J connectivity index is 1.58. The lowest BCUT2D eigenvalue weighted by Gasteiger charge is -2.29. The number of carbonyl (C=O) groups excluding carboxylic acids is 1. The topological polar surface area (TPSA) is 58.1 Å². The molecule has 0 saturated heterocycles. The molecule has 1 saturated carbocycles. The van der Waals surface area contributed by atoms with E-state index in [-0.39, 0.29) is 11.8 Å². The highest BCUT2D eigenvalue weighted by Gasteiger charge is 2.28. The van der Waals surface area contributed by atoms with Crippen LogP contribution in [0.5, 0.6) is 0 Å². The molecule has 0 spiro atoms. The number of nitrogens with zero attached hydrogens (tertiary/aromatic N) is 3. The second kappa shape index (κ2) is 7.43. The lowest BCUT2D eigenvalue weighted by molar-refractivity contribution is -0.134. The normalized spacial score (nSPS) is 20.4. The minimum absolute atomic E-state index is 0.190. The summed E-state index contributed by atoms with van der Waals surface area (Å²) in [4.78, 5) is 22.4. The molecule has 5 heteroatoms. The van der Waals surface area contributed by atoms with Crippen LogP contribution in [0.1, 0.15) is 37.2 Å². The summed E-state index contributed by atoms with van der Waals surface area (Å²) in [5.41, 5.74) is 2.20. The van der Waals surface area contributed by atoms with Crippen LogP contribution in [-0.2, 0) is 4.79 Å². The monoisotopic (exact) mass is 324 g/mol. The van der Waals surface area contributed by atoms with Crippen molar-refractivity contribution in [2.45, 2.75) is 31.6 Å². The molecule has 2 aromatic rings. The molecule has 0 radical (unpaired) electrons. The number of pyridine rings is 2. The van der Waals surface area contributed by atoms with Gasteiger partial charge in [0.1, 0.15) is 5.82 Å². The standard InChI is InChI=1S/C19H24N4O/c1-23(2)19(24)15-7-5-14(6-8-15)16-9-10-18(21-12-16)22-17-4-3-11-20-13-17/h3-4,9-15H,5-8H2,1-2H3,(H,21,22)/t14-,15-. The SMILES string of the molecule is CN(C)C(=O)[C@H]1CC[C@H](c2ccc(Nc3cccnc3)nc2)CC1. The molecule has 24 heavy (non-hydrogen) atoms. The Morgan fingerprint density at radius 1 is 1.12 bits per heavy atom. The van der Waals surface area contributed by atoms with Crippen LogP contribution in [0.15, 0.2) is 42.9 Å². The van der Waals surface area contributed by atoms with Gasteiger partial charge in [-0.2, -0.15) is 0 Å². The molecule has 3 rings (SSSR count). The first kappa shape index (κ1) is 16.4. The zero-order chi connectivity index (χ0) is 16.9. The predicted molar refractivity (Wildman–Crippen MR) is 95.1 cm³/mol. The molecule has 2 heterocycles. The maximum Gasteiger partial charge on any atom is 0.225 e. The Labute approximate surface area is 143 Å². The maximum atomic E-state index is 12.1. The minimum atomic E-state index is 0.190. The molecule has 0 unspecified atom stereocenters. The van der Waals surface area contributed by atoms with E-state index in [1.807, 2.05) is 38.5 Å². The summed E-state index contributed by atoms with van der Waals surface area (Å²) >= 11 is 0. The third-order valence-electron chi connectivity index (χ3n) is 4.71. The van der Waals surface area contributed by atoms with Crippen LogP contribution in [0.4, 0.5) is 11.5 Å². The van der Waals surface area contributed by atoms with Crippen molar-refractivity contribution in [1.82, 2.24) is 14.9 Å². The van der Waals surface area contributed by atoms with Crippen molar-refractivity contribution in [3.05, 3.63) is 48.4 Å². The van der Waals surface area contributed by atoms with Crippen LogP contribution in [0.2, 0.25) is 0 Å². The third-order valence-corrected chi connectivity index (χ3v) is 4.71. The fourth-order valence-corrected chi connectivity index (χ4v) is 3.34. The van der Waals surface area contributed by atoms with Crippen LogP contribution in [0.25, 0.3) is 0 Å². The van der Waals surface area contributed by atoms with E-state index >= 15 is 0 Å². The Morgan fingerprint density at radius 3 is 2.50 bits per heavy atom. The Morgan fingerprint density at radius 2 is 1.92 bits per heavy atom. The van der Waals surface area contributed by atoms with Gasteiger partial charge in [-0.1, -0.05) is 6.07 Å². The van der Waals surface area contributed by atoms with Gasteiger partial charge in [-0.25, -0.2) is 4.98 Å². The molecule has 0 atom stereocenters. The molecule has 1 fully saturated rings. The minimum Gasteiger partial charge on any atom is -0.349 e. The summed E-state index contributed by atoms with van der Waals surface area (Å²) in [5.74, 6) is 1.79. The summed E-state index contributed by atoms with van der Waals surface area (Å²) in [6, 6.07) is 8.01. The average Bonchev–Trinajstić information content (AvgIpc) is 2.63. The van der Waals surface area contributed by atoms with E-state index in [0.29, 0.717) is 5.92 Å². The molecule has 0 bridgehead atoms. The first-order valence-electron chi connectivity index (χ1n) is 8.47. The van der Waals surface area contributed by atoms with Crippen molar-refractivity contribution in [2.75, 3.05) is 19.4 Å². The summed E-state index contributed by atoms with van der Waals surface area (Å²) in [5, 5.41) is 3.24. The van der Waals surface area contributed by atoms with Crippen LogP contribution in [0, 0.1) is 5.92 Å². The number of anilines is 2. The Bertz CT molecular complexity index is 662. The van der Waals surface area contributed by atoms with Gasteiger partial charge in [-0.05, 0) is 55.4 Å². The van der Waals surface area contributed by atoms with Crippen molar-refractivity contribution in [3.8, 4) is 0 Å². The van der Waals surface area contributed by atoms with Crippen molar-refractivity contribution in [1.29, 1.82) is 0 Å². The molecule has 1 aliphatic carbocycles. The molecule has 1 amide bonds. The van der Waals surface area contributed by atoms with E-state index in [1.165, 1.54) is 5.56 Å². The number of rotatable bonds is 4. The van der Waals surface area contributed by atoms with Gasteiger partial charge in [0.25, 0.3) is 0 Å².